The second-order valence-corrected chi connectivity index (χ2v) is 13.0. The van der Waals surface area contributed by atoms with Crippen molar-refractivity contribution in [3.8, 4) is 33.4 Å². The summed E-state index contributed by atoms with van der Waals surface area (Å²) in [4.78, 5) is 2.45. The first-order chi connectivity index (χ1) is 21.8. The van der Waals surface area contributed by atoms with Gasteiger partial charge in [-0.25, -0.2) is 0 Å². The second kappa shape index (κ2) is 10.1. The molecule has 6 aromatic carbocycles. The zero-order chi connectivity index (χ0) is 29.1. The molecule has 0 N–H and O–H groups in total. The lowest BCUT2D eigenvalue weighted by molar-refractivity contribution is 0.327. The average Bonchev–Trinajstić information content (AvgIpc) is 3.79. The third-order valence-corrected chi connectivity index (χ3v) is 10.8. The van der Waals surface area contributed by atoms with Gasteiger partial charge in [0.05, 0.1) is 0 Å². The molecule has 6 aromatic rings. The first-order valence-corrected chi connectivity index (χ1v) is 16.1. The van der Waals surface area contributed by atoms with E-state index in [1.165, 1.54) is 76.1 Å². The number of rotatable bonds is 5. The smallest absolute Gasteiger partial charge is 0.0465 e. The van der Waals surface area contributed by atoms with E-state index in [2.05, 4.69) is 157 Å². The summed E-state index contributed by atoms with van der Waals surface area (Å²) >= 11 is 0. The molecule has 1 spiro atoms. The third-order valence-electron chi connectivity index (χ3n) is 10.8. The number of benzene rings is 6. The molecule has 0 radical (unpaired) electrons. The van der Waals surface area contributed by atoms with E-state index in [4.69, 9.17) is 0 Å². The number of anilines is 3. The van der Waals surface area contributed by atoms with Gasteiger partial charge in [0.2, 0.25) is 0 Å². The lowest BCUT2D eigenvalue weighted by Gasteiger charge is -2.37. The Morgan fingerprint density at radius 2 is 0.977 bits per heavy atom. The monoisotopic (exact) mass is 565 g/mol. The maximum Gasteiger partial charge on any atom is 0.0465 e. The number of hydrogen-bond acceptors (Lipinski definition) is 1. The van der Waals surface area contributed by atoms with E-state index < -0.39 is 0 Å². The van der Waals surface area contributed by atoms with Crippen molar-refractivity contribution in [2.45, 2.75) is 31.1 Å². The van der Waals surface area contributed by atoms with Crippen LogP contribution in [-0.4, -0.2) is 0 Å². The van der Waals surface area contributed by atoms with Crippen molar-refractivity contribution in [2.75, 3.05) is 4.90 Å². The molecular weight excluding hydrogens is 530 g/mol. The minimum Gasteiger partial charge on any atom is -0.310 e. The predicted octanol–water partition coefficient (Wildman–Crippen LogP) is 11.6. The standard InChI is InChI=1S/C43H35N/c1-3-9-31(10-4-1)33-16-21-36(22-17-33)44(37-23-18-34(19-24-37)32-11-5-2-6-12-32)38-25-26-40-39-13-7-8-14-41(39)43(42(40)28-38)29-30-15-20-35(43)27-30/h1-14,16-19,21-26,28,30,35H,15,20,27,29H2. The Morgan fingerprint density at radius 1 is 0.455 bits per heavy atom. The molecule has 212 valence electrons. The molecule has 3 aliphatic rings. The van der Waals surface area contributed by atoms with Crippen LogP contribution in [0.5, 0.6) is 0 Å². The van der Waals surface area contributed by atoms with Gasteiger partial charge in [-0.1, -0.05) is 122 Å². The molecule has 0 aliphatic heterocycles. The summed E-state index contributed by atoms with van der Waals surface area (Å²) in [5.74, 6) is 1.60. The summed E-state index contributed by atoms with van der Waals surface area (Å²) < 4.78 is 0. The van der Waals surface area contributed by atoms with Crippen LogP contribution >= 0.6 is 0 Å². The van der Waals surface area contributed by atoms with Gasteiger partial charge in [0.1, 0.15) is 0 Å². The van der Waals surface area contributed by atoms with E-state index in [0.717, 1.165) is 11.8 Å². The van der Waals surface area contributed by atoms with Crippen LogP contribution in [0.2, 0.25) is 0 Å². The van der Waals surface area contributed by atoms with Crippen LogP contribution in [0.4, 0.5) is 17.1 Å². The topological polar surface area (TPSA) is 3.24 Å². The van der Waals surface area contributed by atoms with E-state index in [-0.39, 0.29) is 5.41 Å². The molecule has 2 fully saturated rings. The molecule has 9 rings (SSSR count). The summed E-state index contributed by atoms with van der Waals surface area (Å²) in [5, 5.41) is 0. The van der Waals surface area contributed by atoms with Gasteiger partial charge in [-0.15, -0.1) is 0 Å². The van der Waals surface area contributed by atoms with Crippen LogP contribution < -0.4 is 4.90 Å². The van der Waals surface area contributed by atoms with Crippen LogP contribution in [-0.2, 0) is 5.41 Å². The molecule has 1 nitrogen and oxygen atoms in total. The fourth-order valence-electron chi connectivity index (χ4n) is 8.83. The zero-order valence-corrected chi connectivity index (χ0v) is 24.9. The summed E-state index contributed by atoms with van der Waals surface area (Å²) in [7, 11) is 0. The molecule has 3 aliphatic carbocycles. The quantitative estimate of drug-likeness (QED) is 0.201. The minimum absolute atomic E-state index is 0.158. The molecule has 2 saturated carbocycles. The molecule has 0 amide bonds. The van der Waals surface area contributed by atoms with Crippen molar-refractivity contribution in [2.24, 2.45) is 11.8 Å². The molecule has 1 heteroatoms. The molecular formula is C43H35N. The maximum absolute atomic E-state index is 2.55. The van der Waals surface area contributed by atoms with Crippen LogP contribution in [0, 0.1) is 11.8 Å². The SMILES string of the molecule is c1ccc(-c2ccc(N(c3ccc(-c4ccccc4)cc3)c3ccc4c(c3)C3(CC5CCC3C5)c3ccccc3-4)cc2)cc1. The lowest BCUT2D eigenvalue weighted by atomic mass is 9.67. The molecule has 0 heterocycles. The van der Waals surface area contributed by atoms with E-state index in [9.17, 15) is 0 Å². The maximum atomic E-state index is 2.55. The van der Waals surface area contributed by atoms with Gasteiger partial charge >= 0.3 is 0 Å². The first kappa shape index (κ1) is 25.6. The van der Waals surface area contributed by atoms with Crippen LogP contribution in [0.15, 0.2) is 152 Å². The highest BCUT2D eigenvalue weighted by Gasteiger charge is 2.56. The van der Waals surface area contributed by atoms with Crippen molar-refractivity contribution in [1.82, 2.24) is 0 Å². The second-order valence-electron chi connectivity index (χ2n) is 13.0. The Morgan fingerprint density at radius 3 is 1.55 bits per heavy atom. The molecule has 44 heavy (non-hydrogen) atoms. The fraction of sp³-hybridized carbons (Fsp3) is 0.163. The Hall–Kier alpha value is -4.88. The highest BCUT2D eigenvalue weighted by molar-refractivity contribution is 5.87. The van der Waals surface area contributed by atoms with E-state index in [0.29, 0.717) is 0 Å². The predicted molar refractivity (Wildman–Crippen MR) is 184 cm³/mol. The highest BCUT2D eigenvalue weighted by atomic mass is 15.1. The van der Waals surface area contributed by atoms with Crippen LogP contribution in [0.25, 0.3) is 33.4 Å². The molecule has 2 bridgehead atoms. The van der Waals surface area contributed by atoms with E-state index >= 15 is 0 Å². The van der Waals surface area contributed by atoms with E-state index in [1.54, 1.807) is 11.1 Å². The Balaban J connectivity index is 1.18. The van der Waals surface area contributed by atoms with Gasteiger partial charge < -0.3 is 4.90 Å². The first-order valence-electron chi connectivity index (χ1n) is 16.1. The highest BCUT2D eigenvalue weighted by Crippen LogP contribution is 2.66. The molecule has 0 saturated heterocycles. The van der Waals surface area contributed by atoms with Gasteiger partial charge in [0.25, 0.3) is 0 Å². The summed E-state index contributed by atoms with van der Waals surface area (Å²) in [6.07, 6.45) is 5.43. The number of nitrogens with zero attached hydrogens (tertiary/aromatic N) is 1. The van der Waals surface area contributed by atoms with Crippen molar-refractivity contribution in [1.29, 1.82) is 0 Å². The largest absolute Gasteiger partial charge is 0.310 e. The summed E-state index contributed by atoms with van der Waals surface area (Å²) in [6.45, 7) is 0. The average molecular weight is 566 g/mol. The van der Waals surface area contributed by atoms with Gasteiger partial charge in [0, 0.05) is 22.5 Å². The van der Waals surface area contributed by atoms with Gasteiger partial charge in [0.15, 0.2) is 0 Å². The number of hydrogen-bond donors (Lipinski definition) is 0. The molecule has 3 unspecified atom stereocenters. The zero-order valence-electron chi connectivity index (χ0n) is 24.9. The Labute approximate surface area is 260 Å². The van der Waals surface area contributed by atoms with Crippen molar-refractivity contribution in [3.05, 3.63) is 163 Å². The third kappa shape index (κ3) is 3.92. The van der Waals surface area contributed by atoms with Crippen molar-refractivity contribution >= 4 is 17.1 Å². The number of fused-ring (bicyclic) bond motifs is 8. The van der Waals surface area contributed by atoms with Crippen LogP contribution in [0.1, 0.15) is 36.8 Å². The van der Waals surface area contributed by atoms with Gasteiger partial charge in [-0.3, -0.25) is 0 Å². The molecule has 0 aromatic heterocycles. The van der Waals surface area contributed by atoms with Crippen LogP contribution in [0.3, 0.4) is 0 Å². The molecule has 3 atom stereocenters. The van der Waals surface area contributed by atoms with Crippen molar-refractivity contribution in [3.63, 3.8) is 0 Å². The van der Waals surface area contributed by atoms with E-state index in [1.807, 2.05) is 0 Å². The summed E-state index contributed by atoms with van der Waals surface area (Å²) in [6, 6.07) is 56.1. The normalized spacial score (nSPS) is 20.9. The van der Waals surface area contributed by atoms with Gasteiger partial charge in [-0.05, 0) is 112 Å². The van der Waals surface area contributed by atoms with Gasteiger partial charge in [-0.2, -0.15) is 0 Å². The van der Waals surface area contributed by atoms with Crippen molar-refractivity contribution < 1.29 is 0 Å². The lowest BCUT2D eigenvalue weighted by Crippen LogP contribution is -2.32. The fourth-order valence-corrected chi connectivity index (χ4v) is 8.83. The minimum atomic E-state index is 0.158. The summed E-state index contributed by atoms with van der Waals surface area (Å²) in [5.41, 5.74) is 14.7. The Kier molecular flexibility index (Phi) is 5.88. The Bertz CT molecular complexity index is 1870.